The second kappa shape index (κ2) is 8.87. The summed E-state index contributed by atoms with van der Waals surface area (Å²) in [4.78, 5) is 4.26. The number of hydrogen-bond donors (Lipinski definition) is 2. The molecule has 0 aliphatic rings. The fraction of sp³-hybridized carbons (Fsp3) is 0.412. The summed E-state index contributed by atoms with van der Waals surface area (Å²) in [7, 11) is 1.80. The van der Waals surface area contributed by atoms with Crippen molar-refractivity contribution in [1.82, 2.24) is 20.4 Å². The van der Waals surface area contributed by atoms with Crippen LogP contribution in [0.25, 0.3) is 0 Å². The summed E-state index contributed by atoms with van der Waals surface area (Å²) in [5, 5.41) is 10.9. The van der Waals surface area contributed by atoms with Crippen LogP contribution in [0.1, 0.15) is 12.5 Å². The summed E-state index contributed by atoms with van der Waals surface area (Å²) in [5.41, 5.74) is 1.33. The Labute approximate surface area is 132 Å². The zero-order chi connectivity index (χ0) is 15.6. The molecule has 5 heteroatoms. The van der Waals surface area contributed by atoms with Gasteiger partial charge in [0.2, 0.25) is 0 Å². The van der Waals surface area contributed by atoms with E-state index in [0.717, 1.165) is 32.0 Å². The van der Waals surface area contributed by atoms with Crippen LogP contribution in [0.15, 0.2) is 53.8 Å². The highest BCUT2D eigenvalue weighted by Crippen LogP contribution is 1.99. The first-order chi connectivity index (χ1) is 10.8. The van der Waals surface area contributed by atoms with Crippen LogP contribution in [0.5, 0.6) is 0 Å². The van der Waals surface area contributed by atoms with Crippen LogP contribution in [0, 0.1) is 5.92 Å². The molecule has 0 fully saturated rings. The number of rotatable bonds is 7. The minimum absolute atomic E-state index is 0.479. The van der Waals surface area contributed by atoms with Gasteiger partial charge < -0.3 is 10.6 Å². The van der Waals surface area contributed by atoms with Crippen LogP contribution in [0.4, 0.5) is 0 Å². The molecule has 0 amide bonds. The van der Waals surface area contributed by atoms with Crippen LogP contribution in [-0.2, 0) is 13.0 Å². The molecule has 5 nitrogen and oxygen atoms in total. The normalized spacial score (nSPS) is 12.9. The molecule has 0 bridgehead atoms. The van der Waals surface area contributed by atoms with Crippen molar-refractivity contribution in [3.63, 3.8) is 0 Å². The second-order valence-electron chi connectivity index (χ2n) is 5.45. The van der Waals surface area contributed by atoms with Gasteiger partial charge in [-0.2, -0.15) is 5.10 Å². The molecule has 1 aromatic heterocycles. The summed E-state index contributed by atoms with van der Waals surface area (Å²) < 4.78 is 1.96. The van der Waals surface area contributed by atoms with Crippen molar-refractivity contribution in [3.05, 3.63) is 54.4 Å². The Morgan fingerprint density at radius 3 is 2.73 bits per heavy atom. The molecule has 0 radical (unpaired) electrons. The molecule has 1 heterocycles. The average Bonchev–Trinajstić information content (AvgIpc) is 3.04. The fourth-order valence-corrected chi connectivity index (χ4v) is 2.25. The summed E-state index contributed by atoms with van der Waals surface area (Å²) >= 11 is 0. The quantitative estimate of drug-likeness (QED) is 0.607. The van der Waals surface area contributed by atoms with Gasteiger partial charge in [0.15, 0.2) is 5.96 Å². The van der Waals surface area contributed by atoms with Gasteiger partial charge in [0.05, 0.1) is 0 Å². The maximum absolute atomic E-state index is 4.26. The Kier molecular flexibility index (Phi) is 6.48. The molecule has 1 unspecified atom stereocenters. The van der Waals surface area contributed by atoms with E-state index in [1.54, 1.807) is 7.05 Å². The Hall–Kier alpha value is -2.30. The summed E-state index contributed by atoms with van der Waals surface area (Å²) in [5.74, 6) is 1.33. The van der Waals surface area contributed by atoms with Gasteiger partial charge in [-0.05, 0) is 24.0 Å². The molecule has 2 rings (SSSR count). The standard InChI is InChI=1S/C17H25N5/c1-15(14-22-12-6-10-21-22)13-20-17(18-2)19-11-9-16-7-4-3-5-8-16/h3-8,10,12,15H,9,11,13-14H2,1-2H3,(H2,18,19,20). The molecule has 0 aliphatic heterocycles. The molecule has 1 aromatic carbocycles. The number of aliphatic imine (C=N–C) groups is 1. The van der Waals surface area contributed by atoms with E-state index in [9.17, 15) is 0 Å². The van der Waals surface area contributed by atoms with E-state index in [-0.39, 0.29) is 0 Å². The van der Waals surface area contributed by atoms with Gasteiger partial charge in [-0.3, -0.25) is 9.67 Å². The molecule has 0 aliphatic carbocycles. The Morgan fingerprint density at radius 2 is 2.05 bits per heavy atom. The average molecular weight is 299 g/mol. The molecule has 22 heavy (non-hydrogen) atoms. The van der Waals surface area contributed by atoms with Crippen LogP contribution in [0.3, 0.4) is 0 Å². The number of nitrogens with one attached hydrogen (secondary N) is 2. The zero-order valence-corrected chi connectivity index (χ0v) is 13.4. The van der Waals surface area contributed by atoms with Gasteiger partial charge in [-0.15, -0.1) is 0 Å². The highest BCUT2D eigenvalue weighted by Gasteiger charge is 2.05. The molecule has 0 saturated heterocycles. The van der Waals surface area contributed by atoms with Crippen LogP contribution in [-0.4, -0.2) is 35.9 Å². The zero-order valence-electron chi connectivity index (χ0n) is 13.4. The number of hydrogen-bond acceptors (Lipinski definition) is 2. The van der Waals surface area contributed by atoms with E-state index < -0.39 is 0 Å². The third-order valence-corrected chi connectivity index (χ3v) is 3.45. The molecular formula is C17H25N5. The highest BCUT2D eigenvalue weighted by atomic mass is 15.3. The van der Waals surface area contributed by atoms with Gasteiger partial charge in [0.1, 0.15) is 0 Å². The van der Waals surface area contributed by atoms with E-state index >= 15 is 0 Å². The number of nitrogens with zero attached hydrogens (tertiary/aromatic N) is 3. The predicted octanol–water partition coefficient (Wildman–Crippen LogP) is 1.93. The van der Waals surface area contributed by atoms with Crippen molar-refractivity contribution >= 4 is 5.96 Å². The second-order valence-corrected chi connectivity index (χ2v) is 5.45. The van der Waals surface area contributed by atoms with E-state index in [2.05, 4.69) is 51.9 Å². The molecule has 2 aromatic rings. The highest BCUT2D eigenvalue weighted by molar-refractivity contribution is 5.79. The maximum Gasteiger partial charge on any atom is 0.190 e. The first kappa shape index (κ1) is 16.1. The molecule has 1 atom stereocenters. The third-order valence-electron chi connectivity index (χ3n) is 3.45. The lowest BCUT2D eigenvalue weighted by Crippen LogP contribution is -2.40. The van der Waals surface area contributed by atoms with Crippen molar-refractivity contribution in [2.45, 2.75) is 19.9 Å². The number of guanidine groups is 1. The first-order valence-corrected chi connectivity index (χ1v) is 7.74. The summed E-state index contributed by atoms with van der Waals surface area (Å²) in [6.45, 7) is 4.84. The summed E-state index contributed by atoms with van der Waals surface area (Å²) in [6, 6.07) is 12.4. The van der Waals surface area contributed by atoms with Gasteiger partial charge in [0, 0.05) is 39.1 Å². The van der Waals surface area contributed by atoms with Crippen molar-refractivity contribution < 1.29 is 0 Å². The Balaban J connectivity index is 1.66. The van der Waals surface area contributed by atoms with E-state index in [1.165, 1.54) is 5.56 Å². The van der Waals surface area contributed by atoms with Crippen molar-refractivity contribution in [2.24, 2.45) is 10.9 Å². The maximum atomic E-state index is 4.26. The lowest BCUT2D eigenvalue weighted by Gasteiger charge is -2.16. The van der Waals surface area contributed by atoms with Gasteiger partial charge in [-0.1, -0.05) is 37.3 Å². The minimum Gasteiger partial charge on any atom is -0.356 e. The van der Waals surface area contributed by atoms with Crippen molar-refractivity contribution in [1.29, 1.82) is 0 Å². The van der Waals surface area contributed by atoms with Crippen LogP contribution < -0.4 is 10.6 Å². The largest absolute Gasteiger partial charge is 0.356 e. The Morgan fingerprint density at radius 1 is 1.23 bits per heavy atom. The SMILES string of the molecule is CN=C(NCCc1ccccc1)NCC(C)Cn1cccn1. The smallest absolute Gasteiger partial charge is 0.190 e. The lowest BCUT2D eigenvalue weighted by molar-refractivity contribution is 0.443. The van der Waals surface area contributed by atoms with Crippen molar-refractivity contribution in [2.75, 3.05) is 20.1 Å². The number of aromatic nitrogens is 2. The minimum atomic E-state index is 0.479. The van der Waals surface area contributed by atoms with Crippen molar-refractivity contribution in [3.8, 4) is 0 Å². The third kappa shape index (κ3) is 5.60. The van der Waals surface area contributed by atoms with E-state index in [0.29, 0.717) is 5.92 Å². The molecule has 0 saturated carbocycles. The van der Waals surface area contributed by atoms with Crippen LogP contribution >= 0.6 is 0 Å². The fourth-order valence-electron chi connectivity index (χ4n) is 2.25. The summed E-state index contributed by atoms with van der Waals surface area (Å²) in [6.07, 6.45) is 4.79. The van der Waals surface area contributed by atoms with E-state index in [1.807, 2.05) is 29.2 Å². The van der Waals surface area contributed by atoms with Gasteiger partial charge in [-0.25, -0.2) is 0 Å². The molecule has 0 spiro atoms. The van der Waals surface area contributed by atoms with E-state index in [4.69, 9.17) is 0 Å². The lowest BCUT2D eigenvalue weighted by atomic mass is 10.1. The monoisotopic (exact) mass is 299 g/mol. The molecule has 2 N–H and O–H groups in total. The topological polar surface area (TPSA) is 54.2 Å². The Bertz CT molecular complexity index is 548. The predicted molar refractivity (Wildman–Crippen MR) is 90.9 cm³/mol. The molecule has 118 valence electrons. The van der Waals surface area contributed by atoms with Gasteiger partial charge in [0.25, 0.3) is 0 Å². The number of benzene rings is 1. The van der Waals surface area contributed by atoms with Gasteiger partial charge >= 0.3 is 0 Å². The first-order valence-electron chi connectivity index (χ1n) is 7.74. The van der Waals surface area contributed by atoms with Crippen LogP contribution in [0.2, 0.25) is 0 Å². The molecular weight excluding hydrogens is 274 g/mol.